The van der Waals surface area contributed by atoms with Crippen LogP contribution in [0.3, 0.4) is 0 Å². The molecular formula is C35H31N3O3S3. The summed E-state index contributed by atoms with van der Waals surface area (Å²) >= 11 is 3.21. The highest BCUT2D eigenvalue weighted by molar-refractivity contribution is 8.00. The average molecular weight is 638 g/mol. The van der Waals surface area contributed by atoms with E-state index in [1.165, 1.54) is 28.0 Å². The first kappa shape index (κ1) is 29.7. The average Bonchev–Trinajstić information content (AvgIpc) is 3.77. The van der Waals surface area contributed by atoms with E-state index in [0.717, 1.165) is 5.39 Å². The first-order valence-electron chi connectivity index (χ1n) is 14.1. The molecule has 44 heavy (non-hydrogen) atoms. The molecule has 9 heteroatoms. The summed E-state index contributed by atoms with van der Waals surface area (Å²) in [7, 11) is 0.139. The number of fused-ring (bicyclic) bond motifs is 1. The van der Waals surface area contributed by atoms with Gasteiger partial charge >= 0.3 is 0 Å². The third-order valence-electron chi connectivity index (χ3n) is 7.31. The van der Waals surface area contributed by atoms with Gasteiger partial charge in [-0.1, -0.05) is 97.1 Å². The van der Waals surface area contributed by atoms with Crippen molar-refractivity contribution >= 4 is 56.6 Å². The predicted octanol–water partition coefficient (Wildman–Crippen LogP) is 7.83. The summed E-state index contributed by atoms with van der Waals surface area (Å²) in [6.07, 6.45) is 0. The molecular weight excluding hydrogens is 607 g/mol. The van der Waals surface area contributed by atoms with Crippen molar-refractivity contribution in [1.82, 2.24) is 10.3 Å². The van der Waals surface area contributed by atoms with Crippen LogP contribution in [0.15, 0.2) is 131 Å². The van der Waals surface area contributed by atoms with Gasteiger partial charge in [0.15, 0.2) is 11.0 Å². The largest absolute Gasteiger partial charge is 0.497 e. The number of thioether (sulfide) groups is 1. The van der Waals surface area contributed by atoms with Gasteiger partial charge in [0, 0.05) is 23.8 Å². The van der Waals surface area contributed by atoms with Gasteiger partial charge in [-0.15, -0.1) is 23.1 Å². The molecule has 0 aliphatic rings. The van der Waals surface area contributed by atoms with Gasteiger partial charge in [-0.3, -0.25) is 9.52 Å². The van der Waals surface area contributed by atoms with Crippen molar-refractivity contribution in [3.05, 3.63) is 149 Å². The van der Waals surface area contributed by atoms with Crippen LogP contribution in [0, 0.1) is 0 Å². The van der Waals surface area contributed by atoms with Crippen LogP contribution in [0.5, 0.6) is 5.75 Å². The normalized spacial score (nSPS) is 12.1. The van der Waals surface area contributed by atoms with Crippen molar-refractivity contribution in [3.8, 4) is 5.75 Å². The molecule has 0 aliphatic heterocycles. The molecule has 3 N–H and O–H groups in total. The summed E-state index contributed by atoms with van der Waals surface area (Å²) in [5.74, 6) is 1.06. The first-order chi connectivity index (χ1) is 21.6. The van der Waals surface area contributed by atoms with Gasteiger partial charge in [0.05, 0.1) is 23.1 Å². The van der Waals surface area contributed by atoms with Crippen LogP contribution in [0.2, 0.25) is 0 Å². The summed E-state index contributed by atoms with van der Waals surface area (Å²) in [4.78, 5) is 16.6. The highest BCUT2D eigenvalue weighted by atomic mass is 32.2. The maximum atomic E-state index is 13.4. The molecule has 0 fully saturated rings. The van der Waals surface area contributed by atoms with Gasteiger partial charge in [-0.25, -0.2) is 4.21 Å². The second kappa shape index (κ2) is 13.5. The quantitative estimate of drug-likeness (QED) is 0.0944. The molecule has 4 aromatic carbocycles. The molecule has 2 aromatic heterocycles. The number of amides is 1. The van der Waals surface area contributed by atoms with Crippen LogP contribution in [0.4, 0.5) is 5.69 Å². The van der Waals surface area contributed by atoms with E-state index in [1.807, 2.05) is 41.8 Å². The number of rotatable bonds is 12. The zero-order valence-electron chi connectivity index (χ0n) is 24.0. The Balaban J connectivity index is 1.22. The van der Waals surface area contributed by atoms with Crippen molar-refractivity contribution in [2.75, 3.05) is 24.1 Å². The first-order valence-corrected chi connectivity index (χ1v) is 17.1. The van der Waals surface area contributed by atoms with Crippen molar-refractivity contribution in [1.29, 1.82) is 0 Å². The molecule has 222 valence electrons. The number of aromatic nitrogens is 1. The summed E-state index contributed by atoms with van der Waals surface area (Å²) in [6, 6.07) is 40.6. The molecule has 6 nitrogen and oxygen atoms in total. The molecule has 6 aromatic rings. The second-order valence-corrected chi connectivity index (χ2v) is 13.7. The van der Waals surface area contributed by atoms with Gasteiger partial charge in [0.1, 0.15) is 15.7 Å². The summed E-state index contributed by atoms with van der Waals surface area (Å²) in [5, 5.41) is 5.76. The van der Waals surface area contributed by atoms with Gasteiger partial charge in [-0.2, -0.15) is 0 Å². The minimum atomic E-state index is -1.44. The molecule has 0 aliphatic carbocycles. The minimum Gasteiger partial charge on any atom is -0.497 e. The number of anilines is 1. The Bertz CT molecular complexity index is 1760. The number of methoxy groups -OCH3 is 1. The van der Waals surface area contributed by atoms with Crippen LogP contribution in [0.25, 0.3) is 10.9 Å². The molecule has 1 amide bonds. The molecule has 0 radical (unpaired) electrons. The van der Waals surface area contributed by atoms with E-state index in [9.17, 15) is 9.00 Å². The molecule has 0 spiro atoms. The van der Waals surface area contributed by atoms with E-state index in [4.69, 9.17) is 4.74 Å². The van der Waals surface area contributed by atoms with Gasteiger partial charge in [0.25, 0.3) is 5.91 Å². The van der Waals surface area contributed by atoms with Gasteiger partial charge in [-0.05, 0) is 40.3 Å². The fourth-order valence-corrected chi connectivity index (χ4v) is 8.46. The number of ether oxygens (including phenoxy) is 1. The lowest BCUT2D eigenvalue weighted by Crippen LogP contribution is -2.30. The van der Waals surface area contributed by atoms with E-state index in [0.29, 0.717) is 39.2 Å². The Labute approximate surface area is 267 Å². The lowest BCUT2D eigenvalue weighted by molar-refractivity contribution is 0.0952. The molecule has 1 unspecified atom stereocenters. The van der Waals surface area contributed by atoms with E-state index in [2.05, 4.69) is 87.8 Å². The molecule has 0 bridgehead atoms. The van der Waals surface area contributed by atoms with E-state index < -0.39 is 15.7 Å². The standard InChI is InChI=1S/C35H31N3O3S3/c1-41-29-22-25-23-31(37-33(25)30(24-29)38-44(40)32-18-11-20-42-32)34(39)36-19-21-43-35(26-12-5-2-6-13-26,27-14-7-3-8-15-27)28-16-9-4-10-17-28/h2-18,20,22-24,37-38H,19,21H2,1H3,(H,36,39). The van der Waals surface area contributed by atoms with Crippen molar-refractivity contribution in [2.24, 2.45) is 0 Å². The summed E-state index contributed by atoms with van der Waals surface area (Å²) in [6.45, 7) is 0.462. The number of hydrogen-bond acceptors (Lipinski definition) is 5. The molecule has 0 saturated heterocycles. The minimum absolute atomic E-state index is 0.212. The zero-order chi connectivity index (χ0) is 30.4. The van der Waals surface area contributed by atoms with E-state index >= 15 is 0 Å². The fourth-order valence-electron chi connectivity index (χ4n) is 5.29. The van der Waals surface area contributed by atoms with E-state index in [1.54, 1.807) is 31.0 Å². The molecule has 0 saturated carbocycles. The van der Waals surface area contributed by atoms with Crippen molar-refractivity contribution in [3.63, 3.8) is 0 Å². The lowest BCUT2D eigenvalue weighted by atomic mass is 9.84. The monoisotopic (exact) mass is 637 g/mol. The molecule has 6 rings (SSSR count). The smallest absolute Gasteiger partial charge is 0.267 e. The predicted molar refractivity (Wildman–Crippen MR) is 183 cm³/mol. The number of benzene rings is 4. The summed E-state index contributed by atoms with van der Waals surface area (Å²) in [5.41, 5.74) is 5.24. The van der Waals surface area contributed by atoms with Gasteiger partial charge < -0.3 is 15.0 Å². The van der Waals surface area contributed by atoms with Crippen molar-refractivity contribution < 1.29 is 13.7 Å². The second-order valence-electron chi connectivity index (χ2n) is 10.0. The maximum Gasteiger partial charge on any atom is 0.267 e. The third-order valence-corrected chi connectivity index (χ3v) is 11.2. The third kappa shape index (κ3) is 6.17. The van der Waals surface area contributed by atoms with Crippen LogP contribution in [-0.2, 0) is 15.7 Å². The Hall–Kier alpha value is -4.31. The topological polar surface area (TPSA) is 83.2 Å². The number of nitrogens with one attached hydrogen (secondary N) is 3. The Morgan fingerprint density at radius 2 is 1.48 bits per heavy atom. The van der Waals surface area contributed by atoms with Crippen LogP contribution in [-0.4, -0.2) is 34.5 Å². The number of thiophene rings is 1. The maximum absolute atomic E-state index is 13.4. The Morgan fingerprint density at radius 1 is 0.864 bits per heavy atom. The van der Waals surface area contributed by atoms with Crippen LogP contribution in [0.1, 0.15) is 27.2 Å². The molecule has 1 atom stereocenters. The number of carbonyl (C=O) groups is 1. The van der Waals surface area contributed by atoms with Gasteiger partial charge in [0.2, 0.25) is 0 Å². The zero-order valence-corrected chi connectivity index (χ0v) is 26.4. The Kier molecular flexibility index (Phi) is 9.16. The lowest BCUT2D eigenvalue weighted by Gasteiger charge is -2.35. The number of hydrogen-bond donors (Lipinski definition) is 3. The van der Waals surface area contributed by atoms with Crippen LogP contribution >= 0.6 is 23.1 Å². The van der Waals surface area contributed by atoms with Crippen LogP contribution < -0.4 is 14.8 Å². The number of H-pyrrole nitrogens is 1. The number of carbonyl (C=O) groups excluding carboxylic acids is 1. The highest BCUT2D eigenvalue weighted by Crippen LogP contribution is 2.48. The highest BCUT2D eigenvalue weighted by Gasteiger charge is 2.36. The Morgan fingerprint density at radius 3 is 2.02 bits per heavy atom. The summed E-state index contributed by atoms with van der Waals surface area (Å²) < 4.78 is 21.7. The van der Waals surface area contributed by atoms with E-state index in [-0.39, 0.29) is 5.91 Å². The van der Waals surface area contributed by atoms with Crippen molar-refractivity contribution in [2.45, 2.75) is 8.96 Å². The number of aromatic amines is 1. The SMILES string of the molecule is COc1cc(NS(=O)c2cccs2)c2[nH]c(C(=O)NCCSC(c3ccccc3)(c3ccccc3)c3ccccc3)cc2c1. The fraction of sp³-hybridized carbons (Fsp3) is 0.114. The molecule has 2 heterocycles.